The highest BCUT2D eigenvalue weighted by atomic mass is 35.5. The molecule has 1 amide bonds. The van der Waals surface area contributed by atoms with Gasteiger partial charge in [-0.15, -0.1) is 0 Å². The smallest absolute Gasteiger partial charge is 0.368 e. The van der Waals surface area contributed by atoms with Crippen LogP contribution in [0.2, 0.25) is 5.02 Å². The van der Waals surface area contributed by atoms with Crippen LogP contribution in [0.4, 0.5) is 17.6 Å². The summed E-state index contributed by atoms with van der Waals surface area (Å²) in [5.74, 6) is -1.24. The van der Waals surface area contributed by atoms with Gasteiger partial charge in [-0.05, 0) is 23.8 Å². The normalized spacial score (nSPS) is 12.9. The average molecular weight is 365 g/mol. The van der Waals surface area contributed by atoms with Gasteiger partial charge in [-0.3, -0.25) is 4.79 Å². The average Bonchev–Trinajstić information content (AvgIpc) is 2.46. The Morgan fingerprint density at radius 2 is 1.87 bits per heavy atom. The number of nitrogens with zero attached hydrogens (tertiary/aromatic N) is 1. The minimum Gasteiger partial charge on any atom is -0.368 e. The van der Waals surface area contributed by atoms with Gasteiger partial charge in [-0.25, -0.2) is 9.37 Å². The van der Waals surface area contributed by atoms with E-state index in [1.807, 2.05) is 0 Å². The van der Waals surface area contributed by atoms with Crippen molar-refractivity contribution in [2.45, 2.75) is 16.5 Å². The van der Waals surface area contributed by atoms with Crippen LogP contribution >= 0.6 is 23.4 Å². The number of rotatable bonds is 4. The summed E-state index contributed by atoms with van der Waals surface area (Å²) in [6.07, 6.45) is -3.95. The third-order valence-corrected chi connectivity index (χ3v) is 4.48. The largest absolute Gasteiger partial charge is 0.417 e. The number of nitrogens with two attached hydrogens (primary N) is 1. The van der Waals surface area contributed by atoms with E-state index in [0.29, 0.717) is 11.8 Å². The van der Waals surface area contributed by atoms with Gasteiger partial charge in [0.25, 0.3) is 0 Å². The van der Waals surface area contributed by atoms with Crippen LogP contribution in [0.5, 0.6) is 0 Å². The van der Waals surface area contributed by atoms with E-state index in [2.05, 4.69) is 4.98 Å². The Balaban J connectivity index is 2.31. The molecule has 0 saturated heterocycles. The molecule has 9 heteroatoms. The number of amides is 1. The van der Waals surface area contributed by atoms with E-state index in [0.717, 1.165) is 30.0 Å². The lowest BCUT2D eigenvalue weighted by molar-refractivity contribution is -0.137. The van der Waals surface area contributed by atoms with Crippen LogP contribution in [0.15, 0.2) is 41.6 Å². The summed E-state index contributed by atoms with van der Waals surface area (Å²) in [4.78, 5) is 15.2. The molecule has 0 aliphatic rings. The number of alkyl halides is 3. The Kier molecular flexibility index (Phi) is 5.16. The van der Waals surface area contributed by atoms with Crippen molar-refractivity contribution < 1.29 is 22.4 Å². The van der Waals surface area contributed by atoms with Crippen molar-refractivity contribution in [1.82, 2.24) is 4.98 Å². The Hall–Kier alpha value is -1.80. The summed E-state index contributed by atoms with van der Waals surface area (Å²) in [6, 6.07) is 5.73. The van der Waals surface area contributed by atoms with Gasteiger partial charge in [0.05, 0.1) is 10.6 Å². The second kappa shape index (κ2) is 6.76. The first-order chi connectivity index (χ1) is 10.7. The Morgan fingerprint density at radius 1 is 1.26 bits per heavy atom. The molecule has 0 bridgehead atoms. The number of hydrogen-bond acceptors (Lipinski definition) is 3. The van der Waals surface area contributed by atoms with Crippen molar-refractivity contribution in [3.8, 4) is 0 Å². The number of hydrogen-bond donors (Lipinski definition) is 1. The molecule has 122 valence electrons. The molecule has 1 aromatic heterocycles. The molecule has 0 radical (unpaired) electrons. The van der Waals surface area contributed by atoms with Crippen LogP contribution < -0.4 is 5.73 Å². The fourth-order valence-electron chi connectivity index (χ4n) is 1.71. The zero-order valence-corrected chi connectivity index (χ0v) is 12.8. The molecule has 2 N–H and O–H groups in total. The SMILES string of the molecule is NC(=O)[C@@H](Sc1ncc(C(F)(F)F)cc1Cl)c1ccc(F)cc1. The molecular formula is C14H9ClF4N2OS. The van der Waals surface area contributed by atoms with E-state index in [1.165, 1.54) is 12.1 Å². The van der Waals surface area contributed by atoms with Gasteiger partial charge in [0.2, 0.25) is 5.91 Å². The number of benzene rings is 1. The van der Waals surface area contributed by atoms with Crippen molar-refractivity contribution in [2.75, 3.05) is 0 Å². The molecule has 23 heavy (non-hydrogen) atoms. The van der Waals surface area contributed by atoms with Crippen molar-refractivity contribution in [3.63, 3.8) is 0 Å². The van der Waals surface area contributed by atoms with E-state index in [4.69, 9.17) is 17.3 Å². The quantitative estimate of drug-likeness (QED) is 0.653. The number of carbonyl (C=O) groups is 1. The Bertz CT molecular complexity index is 722. The number of pyridine rings is 1. The molecule has 0 aliphatic carbocycles. The van der Waals surface area contributed by atoms with Gasteiger partial charge in [-0.1, -0.05) is 35.5 Å². The maximum atomic E-state index is 12.9. The van der Waals surface area contributed by atoms with Crippen molar-refractivity contribution in [3.05, 3.63) is 58.5 Å². The Labute approximate surface area is 137 Å². The van der Waals surface area contributed by atoms with Crippen LogP contribution in [-0.2, 0) is 11.0 Å². The molecule has 0 unspecified atom stereocenters. The second-order valence-electron chi connectivity index (χ2n) is 4.46. The first-order valence-corrected chi connectivity index (χ1v) is 7.38. The summed E-state index contributed by atoms with van der Waals surface area (Å²) in [7, 11) is 0. The number of thioether (sulfide) groups is 1. The lowest BCUT2D eigenvalue weighted by Gasteiger charge is -2.14. The molecule has 1 heterocycles. The Morgan fingerprint density at radius 3 is 2.35 bits per heavy atom. The standard InChI is InChI=1S/C14H9ClF4N2OS/c15-10-5-8(14(17,18)19)6-21-13(10)23-11(12(20)22)7-1-3-9(16)4-2-7/h1-6,11H,(H2,20,22)/t11-/m0/s1. The van der Waals surface area contributed by atoms with Gasteiger partial charge >= 0.3 is 6.18 Å². The number of aromatic nitrogens is 1. The van der Waals surface area contributed by atoms with E-state index in [-0.39, 0.29) is 10.0 Å². The molecule has 2 aromatic rings. The van der Waals surface area contributed by atoms with Gasteiger partial charge in [0.15, 0.2) is 0 Å². The maximum Gasteiger partial charge on any atom is 0.417 e. The molecule has 0 fully saturated rings. The number of primary amides is 1. The van der Waals surface area contributed by atoms with Crippen molar-refractivity contribution in [1.29, 1.82) is 0 Å². The number of halogens is 5. The second-order valence-corrected chi connectivity index (χ2v) is 5.96. The van der Waals surface area contributed by atoms with Crippen LogP contribution in [0.3, 0.4) is 0 Å². The predicted molar refractivity (Wildman–Crippen MR) is 78.4 cm³/mol. The summed E-state index contributed by atoms with van der Waals surface area (Å²) in [5, 5.41) is -1.19. The van der Waals surface area contributed by atoms with E-state index in [9.17, 15) is 22.4 Å². The van der Waals surface area contributed by atoms with E-state index in [1.54, 1.807) is 0 Å². The molecule has 0 spiro atoms. The zero-order valence-electron chi connectivity index (χ0n) is 11.3. The summed E-state index contributed by atoms with van der Waals surface area (Å²) in [6.45, 7) is 0. The molecule has 1 aromatic carbocycles. The first kappa shape index (κ1) is 17.6. The molecule has 0 aliphatic heterocycles. The monoisotopic (exact) mass is 364 g/mol. The highest BCUT2D eigenvalue weighted by Gasteiger charge is 2.32. The van der Waals surface area contributed by atoms with Crippen LogP contribution in [-0.4, -0.2) is 10.9 Å². The van der Waals surface area contributed by atoms with Gasteiger partial charge in [0, 0.05) is 6.20 Å². The van der Waals surface area contributed by atoms with Gasteiger partial charge in [0.1, 0.15) is 16.1 Å². The first-order valence-electron chi connectivity index (χ1n) is 6.12. The molecule has 0 saturated carbocycles. The van der Waals surface area contributed by atoms with E-state index >= 15 is 0 Å². The minimum atomic E-state index is -4.57. The number of carbonyl (C=O) groups excluding carboxylic acids is 1. The van der Waals surface area contributed by atoms with Crippen LogP contribution in [0.25, 0.3) is 0 Å². The predicted octanol–water partition coefficient (Wildman–Crippen LogP) is 4.21. The van der Waals surface area contributed by atoms with E-state index < -0.39 is 28.7 Å². The molecular weight excluding hydrogens is 356 g/mol. The fraction of sp³-hybridized carbons (Fsp3) is 0.143. The van der Waals surface area contributed by atoms with Crippen LogP contribution in [0, 0.1) is 5.82 Å². The minimum absolute atomic E-state index is 0.0211. The lowest BCUT2D eigenvalue weighted by atomic mass is 10.1. The summed E-state index contributed by atoms with van der Waals surface area (Å²) >= 11 is 6.60. The maximum absolute atomic E-state index is 12.9. The summed E-state index contributed by atoms with van der Waals surface area (Å²) in [5.41, 5.74) is 4.69. The molecule has 1 atom stereocenters. The zero-order chi connectivity index (χ0) is 17.2. The highest BCUT2D eigenvalue weighted by molar-refractivity contribution is 8.00. The van der Waals surface area contributed by atoms with Crippen LogP contribution in [0.1, 0.15) is 16.4 Å². The van der Waals surface area contributed by atoms with Crippen molar-refractivity contribution >= 4 is 29.3 Å². The third kappa shape index (κ3) is 4.35. The topological polar surface area (TPSA) is 56.0 Å². The van der Waals surface area contributed by atoms with Gasteiger partial charge < -0.3 is 5.73 Å². The third-order valence-electron chi connectivity index (χ3n) is 2.80. The fourth-order valence-corrected chi connectivity index (χ4v) is 2.92. The molecule has 2 rings (SSSR count). The van der Waals surface area contributed by atoms with Gasteiger partial charge in [-0.2, -0.15) is 13.2 Å². The highest BCUT2D eigenvalue weighted by Crippen LogP contribution is 2.39. The molecule has 3 nitrogen and oxygen atoms in total. The lowest BCUT2D eigenvalue weighted by Crippen LogP contribution is -2.19. The summed E-state index contributed by atoms with van der Waals surface area (Å²) < 4.78 is 50.7. The van der Waals surface area contributed by atoms with Crippen molar-refractivity contribution in [2.24, 2.45) is 5.73 Å².